The van der Waals surface area contributed by atoms with Gasteiger partial charge >= 0.3 is 0 Å². The minimum atomic E-state index is -1.52. The molecule has 1 aliphatic carbocycles. The van der Waals surface area contributed by atoms with Crippen LogP contribution in [0.1, 0.15) is 22.3 Å². The predicted octanol–water partition coefficient (Wildman–Crippen LogP) is 1.64. The molecule has 6 N–H and O–H groups in total. The summed E-state index contributed by atoms with van der Waals surface area (Å²) in [4.78, 5) is 0. The maximum atomic E-state index is 10.9. The van der Waals surface area contributed by atoms with Gasteiger partial charge in [0.15, 0.2) is 0 Å². The summed E-state index contributed by atoms with van der Waals surface area (Å²) < 4.78 is 16.7. The lowest BCUT2D eigenvalue weighted by molar-refractivity contribution is -0.277. The van der Waals surface area contributed by atoms with Crippen LogP contribution in [0.15, 0.2) is 48.5 Å². The van der Waals surface area contributed by atoms with Gasteiger partial charge in [0.05, 0.1) is 13.7 Å². The Morgan fingerprint density at radius 2 is 1.68 bits per heavy atom. The van der Waals surface area contributed by atoms with Gasteiger partial charge in [-0.25, -0.2) is 0 Å². The zero-order chi connectivity index (χ0) is 26.3. The molecule has 1 fully saturated rings. The zero-order valence-corrected chi connectivity index (χ0v) is 20.2. The fourth-order valence-electron chi connectivity index (χ4n) is 5.15. The van der Waals surface area contributed by atoms with E-state index in [1.807, 2.05) is 18.2 Å². The summed E-state index contributed by atoms with van der Waals surface area (Å²) in [7, 11) is 1.57. The fourth-order valence-corrected chi connectivity index (χ4v) is 5.15. The van der Waals surface area contributed by atoms with Crippen molar-refractivity contribution >= 4 is 0 Å². The number of hydrogen-bond acceptors (Lipinski definition) is 9. The standard InChI is InChI=1S/C28H30O9/c1-35-22-12-21(31)20(19-8-4-15-11-16(30)5-9-18(15)24(19)22)10-14-2-6-17(7-3-14)36-28-27(34)26(33)25(32)23(13-29)37-28/h2-3,5-7,9,11-12,23,25-34H,4,8,10,13H2,1H3. The second kappa shape index (κ2) is 10.2. The number of phenols is 2. The molecule has 9 nitrogen and oxygen atoms in total. The Morgan fingerprint density at radius 3 is 2.38 bits per heavy atom. The first-order chi connectivity index (χ1) is 17.8. The van der Waals surface area contributed by atoms with Crippen LogP contribution >= 0.6 is 0 Å². The van der Waals surface area contributed by atoms with Crippen molar-refractivity contribution in [2.24, 2.45) is 0 Å². The molecular weight excluding hydrogens is 480 g/mol. The van der Waals surface area contributed by atoms with Gasteiger partial charge in [0.1, 0.15) is 47.4 Å². The number of fused-ring (bicyclic) bond motifs is 3. The topological polar surface area (TPSA) is 149 Å². The number of aromatic hydroxyl groups is 2. The van der Waals surface area contributed by atoms with Crippen molar-refractivity contribution in [3.63, 3.8) is 0 Å². The van der Waals surface area contributed by atoms with E-state index in [9.17, 15) is 30.6 Å². The second-order valence-corrected chi connectivity index (χ2v) is 9.41. The Labute approximate surface area is 213 Å². The molecule has 3 aromatic rings. The highest BCUT2D eigenvalue weighted by Gasteiger charge is 2.44. The average Bonchev–Trinajstić information content (AvgIpc) is 2.90. The Balaban J connectivity index is 1.39. The van der Waals surface area contributed by atoms with Crippen molar-refractivity contribution < 1.29 is 44.8 Å². The number of rotatable bonds is 6. The maximum Gasteiger partial charge on any atom is 0.229 e. The summed E-state index contributed by atoms with van der Waals surface area (Å²) in [6.45, 7) is -0.537. The highest BCUT2D eigenvalue weighted by molar-refractivity contribution is 5.81. The van der Waals surface area contributed by atoms with E-state index in [0.717, 1.165) is 39.8 Å². The van der Waals surface area contributed by atoms with Crippen molar-refractivity contribution in [3.05, 3.63) is 70.8 Å². The lowest BCUT2D eigenvalue weighted by Gasteiger charge is -2.39. The second-order valence-electron chi connectivity index (χ2n) is 9.41. The summed E-state index contributed by atoms with van der Waals surface area (Å²) in [6.07, 6.45) is -4.93. The lowest BCUT2D eigenvalue weighted by atomic mass is 9.81. The first kappa shape index (κ1) is 25.3. The van der Waals surface area contributed by atoms with E-state index in [0.29, 0.717) is 24.3 Å². The van der Waals surface area contributed by atoms with Gasteiger partial charge in [-0.2, -0.15) is 0 Å². The highest BCUT2D eigenvalue weighted by atomic mass is 16.7. The van der Waals surface area contributed by atoms with Crippen LogP contribution in [0.3, 0.4) is 0 Å². The number of hydrogen-bond donors (Lipinski definition) is 6. The van der Waals surface area contributed by atoms with Gasteiger partial charge in [-0.1, -0.05) is 18.2 Å². The van der Waals surface area contributed by atoms with Crippen LogP contribution in [0.5, 0.6) is 23.0 Å². The third kappa shape index (κ3) is 4.72. The Bertz CT molecular complexity index is 1270. The van der Waals surface area contributed by atoms with E-state index in [-0.39, 0.29) is 11.5 Å². The molecule has 2 aliphatic rings. The van der Waals surface area contributed by atoms with E-state index in [2.05, 4.69) is 0 Å². The maximum absolute atomic E-state index is 10.9. The summed E-state index contributed by atoms with van der Waals surface area (Å²) >= 11 is 0. The van der Waals surface area contributed by atoms with E-state index in [1.54, 1.807) is 37.4 Å². The van der Waals surface area contributed by atoms with Crippen molar-refractivity contribution in [2.45, 2.75) is 50.0 Å². The molecule has 5 rings (SSSR count). The molecule has 0 saturated carbocycles. The number of aliphatic hydroxyl groups excluding tert-OH is 4. The molecule has 37 heavy (non-hydrogen) atoms. The zero-order valence-electron chi connectivity index (χ0n) is 20.2. The SMILES string of the molecule is COc1cc(O)c(Cc2ccc(OC3OC(CO)C(O)C(O)C3O)cc2)c2c1-c1ccc(O)cc1CC2. The minimum Gasteiger partial charge on any atom is -0.508 e. The van der Waals surface area contributed by atoms with Crippen LogP contribution in [0.2, 0.25) is 0 Å². The highest BCUT2D eigenvalue weighted by Crippen LogP contribution is 2.46. The molecule has 0 amide bonds. The number of phenolic OH excluding ortho intramolecular Hbond substituents is 2. The molecule has 3 aromatic carbocycles. The molecule has 9 heteroatoms. The monoisotopic (exact) mass is 510 g/mol. The molecule has 0 radical (unpaired) electrons. The van der Waals surface area contributed by atoms with Gasteiger partial charge in [0, 0.05) is 23.6 Å². The van der Waals surface area contributed by atoms with Crippen molar-refractivity contribution in [1.82, 2.24) is 0 Å². The summed E-state index contributed by atoms with van der Waals surface area (Å²) in [5.74, 6) is 1.29. The summed E-state index contributed by atoms with van der Waals surface area (Å²) in [5, 5.41) is 60.3. The van der Waals surface area contributed by atoms with Crippen LogP contribution < -0.4 is 9.47 Å². The molecule has 5 atom stereocenters. The molecule has 1 aliphatic heterocycles. The molecule has 0 aromatic heterocycles. The molecule has 196 valence electrons. The van der Waals surface area contributed by atoms with Gasteiger partial charge < -0.3 is 44.8 Å². The smallest absolute Gasteiger partial charge is 0.229 e. The number of ether oxygens (including phenoxy) is 3. The van der Waals surface area contributed by atoms with Crippen molar-refractivity contribution in [3.8, 4) is 34.1 Å². The molecule has 1 heterocycles. The van der Waals surface area contributed by atoms with E-state index >= 15 is 0 Å². The fraction of sp³-hybridized carbons (Fsp3) is 0.357. The van der Waals surface area contributed by atoms with Gasteiger partial charge in [-0.3, -0.25) is 0 Å². The van der Waals surface area contributed by atoms with Gasteiger partial charge in [0.25, 0.3) is 0 Å². The van der Waals surface area contributed by atoms with Gasteiger partial charge in [-0.05, 0) is 59.4 Å². The first-order valence-corrected chi connectivity index (χ1v) is 12.1. The normalized spacial score (nSPS) is 24.7. The first-order valence-electron chi connectivity index (χ1n) is 12.1. The molecule has 0 spiro atoms. The largest absolute Gasteiger partial charge is 0.508 e. The van der Waals surface area contributed by atoms with Crippen LogP contribution in [0.4, 0.5) is 0 Å². The van der Waals surface area contributed by atoms with Crippen molar-refractivity contribution in [1.29, 1.82) is 0 Å². The molecule has 0 bridgehead atoms. The summed E-state index contributed by atoms with van der Waals surface area (Å²) in [6, 6.07) is 13.9. The average molecular weight is 511 g/mol. The predicted molar refractivity (Wildman–Crippen MR) is 133 cm³/mol. The number of aliphatic hydroxyl groups is 4. The Morgan fingerprint density at radius 1 is 0.919 bits per heavy atom. The number of benzene rings is 3. The molecule has 5 unspecified atom stereocenters. The van der Waals surface area contributed by atoms with Crippen LogP contribution in [-0.4, -0.2) is 75.1 Å². The minimum absolute atomic E-state index is 0.138. The van der Waals surface area contributed by atoms with Gasteiger partial charge in [0.2, 0.25) is 6.29 Å². The lowest BCUT2D eigenvalue weighted by Crippen LogP contribution is -2.60. The third-order valence-corrected chi connectivity index (χ3v) is 7.12. The molecule has 1 saturated heterocycles. The number of methoxy groups -OCH3 is 1. The van der Waals surface area contributed by atoms with Crippen LogP contribution in [0, 0.1) is 0 Å². The van der Waals surface area contributed by atoms with Crippen LogP contribution in [0.25, 0.3) is 11.1 Å². The van der Waals surface area contributed by atoms with E-state index in [1.165, 1.54) is 0 Å². The van der Waals surface area contributed by atoms with Gasteiger partial charge in [-0.15, -0.1) is 0 Å². The third-order valence-electron chi connectivity index (χ3n) is 7.12. The number of aryl methyl sites for hydroxylation is 1. The summed E-state index contributed by atoms with van der Waals surface area (Å²) in [5.41, 5.74) is 5.60. The Kier molecular flexibility index (Phi) is 6.98. The van der Waals surface area contributed by atoms with Crippen molar-refractivity contribution in [2.75, 3.05) is 13.7 Å². The quantitative estimate of drug-likeness (QED) is 0.291. The van der Waals surface area contributed by atoms with E-state index in [4.69, 9.17) is 14.2 Å². The van der Waals surface area contributed by atoms with Crippen LogP contribution in [-0.2, 0) is 24.0 Å². The molecular formula is C28H30O9. The Hall–Kier alpha value is -3.34. The van der Waals surface area contributed by atoms with E-state index < -0.39 is 37.3 Å².